The standard InChI is InChI=1S/C21H23ClN6O4S/c1-12-23-16-7-6-15(10-17(16)33-12)24-19-25-20(30)27(9-8-18(29)26-32)21(31)28(19)11-13-2-4-14(22)5-3-13/h2-7,10,12,16-17,19,23-24H,8-9,11H2,1H3,(H,25,30). The Morgan fingerprint density at radius 2 is 2.03 bits per heavy atom. The monoisotopic (exact) mass is 490 g/mol. The van der Waals surface area contributed by atoms with Gasteiger partial charge in [-0.15, -0.1) is 16.7 Å². The van der Waals surface area contributed by atoms with Gasteiger partial charge in [0, 0.05) is 33.7 Å². The van der Waals surface area contributed by atoms with Gasteiger partial charge in [0.15, 0.2) is 6.29 Å². The predicted octanol–water partition coefficient (Wildman–Crippen LogP) is 2.72. The number of amides is 5. The first kappa shape index (κ1) is 23.3. The van der Waals surface area contributed by atoms with Crippen LogP contribution in [0.4, 0.5) is 9.59 Å². The average molecular weight is 491 g/mol. The molecule has 3 N–H and O–H groups in total. The van der Waals surface area contributed by atoms with E-state index in [1.807, 2.05) is 6.08 Å². The molecule has 4 atom stereocenters. The molecule has 4 rings (SSSR count). The van der Waals surface area contributed by atoms with Crippen LogP contribution in [0.25, 0.3) is 0 Å². The fourth-order valence-corrected chi connectivity index (χ4v) is 5.26. The second kappa shape index (κ2) is 9.94. The smallest absolute Gasteiger partial charge is 0.331 e. The lowest BCUT2D eigenvalue weighted by Gasteiger charge is -2.41. The zero-order valence-electron chi connectivity index (χ0n) is 17.7. The number of benzene rings is 1. The van der Waals surface area contributed by atoms with E-state index in [1.165, 1.54) is 4.90 Å². The van der Waals surface area contributed by atoms with E-state index in [-0.39, 0.29) is 30.8 Å². The third kappa shape index (κ3) is 5.37. The van der Waals surface area contributed by atoms with Crippen molar-refractivity contribution in [2.75, 3.05) is 6.54 Å². The average Bonchev–Trinajstić information content (AvgIpc) is 3.16. The van der Waals surface area contributed by atoms with Crippen molar-refractivity contribution >= 4 is 41.3 Å². The summed E-state index contributed by atoms with van der Waals surface area (Å²) in [6.07, 6.45) is 4.90. The number of allylic oxidation sites excluding steroid dienone is 1. The van der Waals surface area contributed by atoms with Crippen LogP contribution < -0.4 is 16.0 Å². The zero-order chi connectivity index (χ0) is 23.5. The molecule has 1 aromatic rings. The molecule has 1 aliphatic carbocycles. The third-order valence-corrected chi connectivity index (χ3v) is 7.02. The minimum absolute atomic E-state index is 0.181. The van der Waals surface area contributed by atoms with Gasteiger partial charge in [-0.2, -0.15) is 0 Å². The van der Waals surface area contributed by atoms with Crippen molar-refractivity contribution < 1.29 is 14.4 Å². The Labute approximate surface area is 199 Å². The molecule has 10 nitrogen and oxygen atoms in total. The summed E-state index contributed by atoms with van der Waals surface area (Å²) < 4.78 is 0. The second-order valence-corrected chi connectivity index (χ2v) is 9.80. The van der Waals surface area contributed by atoms with E-state index in [2.05, 4.69) is 40.2 Å². The molecule has 12 heteroatoms. The van der Waals surface area contributed by atoms with Gasteiger partial charge in [-0.1, -0.05) is 29.8 Å². The van der Waals surface area contributed by atoms with E-state index in [0.29, 0.717) is 10.4 Å². The highest BCUT2D eigenvalue weighted by Crippen LogP contribution is 2.32. The fraction of sp³-hybridized carbons (Fsp3) is 0.381. The Kier molecular flexibility index (Phi) is 7.01. The number of imide groups is 1. The number of thioether (sulfide) groups is 1. The summed E-state index contributed by atoms with van der Waals surface area (Å²) in [7, 11) is 0. The maximum Gasteiger partial charge on any atom is 0.331 e. The number of nitrogens with one attached hydrogen (secondary N) is 3. The van der Waals surface area contributed by atoms with Crippen molar-refractivity contribution in [3.8, 4) is 0 Å². The molecule has 2 aliphatic heterocycles. The van der Waals surface area contributed by atoms with E-state index in [9.17, 15) is 19.3 Å². The molecule has 0 spiro atoms. The van der Waals surface area contributed by atoms with Gasteiger partial charge in [0.1, 0.15) is 0 Å². The van der Waals surface area contributed by atoms with Gasteiger partial charge in [-0.25, -0.2) is 14.5 Å². The summed E-state index contributed by atoms with van der Waals surface area (Å²) in [4.78, 5) is 50.0. The molecule has 3 aliphatic rings. The maximum atomic E-state index is 13.2. The lowest BCUT2D eigenvalue weighted by molar-refractivity contribution is -0.118. The molecular formula is C21H23ClN6O4S. The Balaban J connectivity index is 1.54. The predicted molar refractivity (Wildman–Crippen MR) is 125 cm³/mol. The van der Waals surface area contributed by atoms with Crippen LogP contribution in [0.3, 0.4) is 0 Å². The van der Waals surface area contributed by atoms with Crippen molar-refractivity contribution in [2.24, 2.45) is 5.18 Å². The summed E-state index contributed by atoms with van der Waals surface area (Å²) in [5, 5.41) is 12.9. The first-order valence-corrected chi connectivity index (χ1v) is 11.7. The molecule has 174 valence electrons. The number of fused-ring (bicyclic) bond motifs is 1. The van der Waals surface area contributed by atoms with Gasteiger partial charge in [-0.3, -0.25) is 20.3 Å². The van der Waals surface area contributed by atoms with Crippen molar-refractivity contribution in [3.63, 3.8) is 0 Å². The number of carbonyl (C=O) groups is 3. The molecule has 33 heavy (non-hydrogen) atoms. The SMILES string of the molecule is CC1NC2C=CC(NC3NC(=O)N(CCC(=O)N=O)C(=O)N3Cc3ccc(Cl)cc3)=CC2S1. The number of urea groups is 2. The fourth-order valence-electron chi connectivity index (χ4n) is 3.86. The van der Waals surface area contributed by atoms with Crippen LogP contribution in [-0.4, -0.2) is 57.3 Å². The first-order chi connectivity index (χ1) is 15.8. The minimum atomic E-state index is -0.927. The lowest BCUT2D eigenvalue weighted by Crippen LogP contribution is -2.68. The largest absolute Gasteiger partial charge is 0.348 e. The summed E-state index contributed by atoms with van der Waals surface area (Å²) >= 11 is 7.77. The molecular weight excluding hydrogens is 468 g/mol. The molecule has 4 unspecified atom stereocenters. The molecule has 0 saturated carbocycles. The number of nitrogens with zero attached hydrogens (tertiary/aromatic N) is 3. The van der Waals surface area contributed by atoms with Crippen LogP contribution in [0, 0.1) is 4.91 Å². The Bertz CT molecular complexity index is 1020. The highest BCUT2D eigenvalue weighted by Gasteiger charge is 2.39. The number of rotatable bonds is 7. The van der Waals surface area contributed by atoms with Crippen molar-refractivity contribution in [2.45, 2.75) is 42.8 Å². The van der Waals surface area contributed by atoms with Gasteiger partial charge in [0.05, 0.1) is 18.3 Å². The highest BCUT2D eigenvalue weighted by molar-refractivity contribution is 8.00. The summed E-state index contributed by atoms with van der Waals surface area (Å²) in [5.41, 5.74) is 1.59. The molecule has 5 amide bonds. The number of nitroso groups, excluding NO2 is 1. The summed E-state index contributed by atoms with van der Waals surface area (Å²) in [6, 6.07) is 6.01. The normalized spacial score (nSPS) is 26.5. The van der Waals surface area contributed by atoms with Crippen LogP contribution >= 0.6 is 23.4 Å². The number of hydrogen-bond acceptors (Lipinski definition) is 7. The van der Waals surface area contributed by atoms with Crippen LogP contribution in [0.2, 0.25) is 5.02 Å². The first-order valence-electron chi connectivity index (χ1n) is 10.4. The maximum absolute atomic E-state index is 13.2. The molecule has 0 bridgehead atoms. The third-order valence-electron chi connectivity index (χ3n) is 5.48. The van der Waals surface area contributed by atoms with Gasteiger partial charge in [0.25, 0.3) is 5.91 Å². The number of hydrogen-bond donors (Lipinski definition) is 3. The number of halogens is 1. The molecule has 2 saturated heterocycles. The van der Waals surface area contributed by atoms with Crippen LogP contribution in [0.5, 0.6) is 0 Å². The summed E-state index contributed by atoms with van der Waals surface area (Å²) in [6.45, 7) is 2.04. The molecule has 0 radical (unpaired) electrons. The lowest BCUT2D eigenvalue weighted by atomic mass is 10.1. The molecule has 1 aromatic carbocycles. The van der Waals surface area contributed by atoms with Crippen LogP contribution in [0.15, 0.2) is 53.4 Å². The number of carbonyl (C=O) groups excluding carboxylic acids is 3. The van der Waals surface area contributed by atoms with E-state index in [0.717, 1.165) is 16.2 Å². The van der Waals surface area contributed by atoms with Gasteiger partial charge in [0.2, 0.25) is 0 Å². The molecule has 2 fully saturated rings. The molecule has 2 heterocycles. The second-order valence-electron chi connectivity index (χ2n) is 7.84. The highest BCUT2D eigenvalue weighted by atomic mass is 35.5. The summed E-state index contributed by atoms with van der Waals surface area (Å²) in [5.74, 6) is -0.927. The Hall–Kier alpha value is -2.89. The van der Waals surface area contributed by atoms with E-state index in [4.69, 9.17) is 11.6 Å². The van der Waals surface area contributed by atoms with E-state index < -0.39 is 24.3 Å². The van der Waals surface area contributed by atoms with Gasteiger partial charge >= 0.3 is 12.1 Å². The van der Waals surface area contributed by atoms with Gasteiger partial charge in [-0.05, 0) is 36.8 Å². The van der Waals surface area contributed by atoms with E-state index >= 15 is 0 Å². The van der Waals surface area contributed by atoms with Crippen molar-refractivity contribution in [3.05, 3.63) is 63.7 Å². The topological polar surface area (TPSA) is 123 Å². The minimum Gasteiger partial charge on any atom is -0.348 e. The van der Waals surface area contributed by atoms with Crippen molar-refractivity contribution in [1.82, 2.24) is 25.8 Å². The van der Waals surface area contributed by atoms with E-state index in [1.54, 1.807) is 36.0 Å². The van der Waals surface area contributed by atoms with Crippen molar-refractivity contribution in [1.29, 1.82) is 0 Å². The van der Waals surface area contributed by atoms with Gasteiger partial charge < -0.3 is 5.32 Å². The Morgan fingerprint density at radius 1 is 1.27 bits per heavy atom. The van der Waals surface area contributed by atoms with Crippen LogP contribution in [-0.2, 0) is 11.3 Å². The zero-order valence-corrected chi connectivity index (χ0v) is 19.3. The molecule has 0 aromatic heterocycles. The Morgan fingerprint density at radius 3 is 2.76 bits per heavy atom. The quantitative estimate of drug-likeness (QED) is 0.502. The van der Waals surface area contributed by atoms with Crippen LogP contribution in [0.1, 0.15) is 18.9 Å².